The van der Waals surface area contributed by atoms with Crippen LogP contribution in [0.15, 0.2) is 97.1 Å². The van der Waals surface area contributed by atoms with E-state index in [-0.39, 0.29) is 42.0 Å². The van der Waals surface area contributed by atoms with E-state index in [1.54, 1.807) is 28.4 Å². The third kappa shape index (κ3) is 12.0. The van der Waals surface area contributed by atoms with Gasteiger partial charge in [0.2, 0.25) is 11.8 Å². The van der Waals surface area contributed by atoms with Gasteiger partial charge in [0.15, 0.2) is 0 Å². The van der Waals surface area contributed by atoms with Crippen LogP contribution in [0.25, 0.3) is 22.1 Å². The van der Waals surface area contributed by atoms with Gasteiger partial charge in [-0.1, -0.05) is 55.5 Å². The lowest BCUT2D eigenvalue weighted by Gasteiger charge is -2.33. The molecule has 2 fully saturated rings. The molecule has 6 aromatic rings. The van der Waals surface area contributed by atoms with Crippen LogP contribution in [0.1, 0.15) is 105 Å². The first kappa shape index (κ1) is 48.2. The normalized spacial score (nSPS) is 17.3. The Hall–Kier alpha value is -5.76. The monoisotopic (exact) mass is 900 g/mol. The molecule has 2 saturated heterocycles. The lowest BCUT2D eigenvalue weighted by atomic mass is 9.94. The Labute approximate surface area is 390 Å². The summed E-state index contributed by atoms with van der Waals surface area (Å²) in [6.07, 6.45) is 6.71. The van der Waals surface area contributed by atoms with Gasteiger partial charge < -0.3 is 43.6 Å². The molecule has 0 unspecified atom stereocenters. The smallest absolute Gasteiger partial charge is 0.224 e. The van der Waals surface area contributed by atoms with Crippen molar-refractivity contribution in [2.24, 2.45) is 5.73 Å². The number of imidazole rings is 2. The van der Waals surface area contributed by atoms with Crippen molar-refractivity contribution in [1.82, 2.24) is 28.9 Å². The second kappa shape index (κ2) is 23.6. The van der Waals surface area contributed by atoms with Crippen molar-refractivity contribution in [1.29, 1.82) is 0 Å². The van der Waals surface area contributed by atoms with E-state index in [4.69, 9.17) is 34.6 Å². The minimum absolute atomic E-state index is 0.0945. The molecule has 0 aliphatic carbocycles. The molecule has 2 amide bonds. The maximum atomic E-state index is 13.2. The second-order valence-electron chi connectivity index (χ2n) is 17.7. The average Bonchev–Trinajstić information content (AvgIpc) is 3.93. The van der Waals surface area contributed by atoms with Crippen LogP contribution in [-0.2, 0) is 32.2 Å². The molecule has 2 N–H and O–H groups in total. The summed E-state index contributed by atoms with van der Waals surface area (Å²) in [6.45, 7) is 8.29. The number of hydrogen-bond acceptors (Lipinski definition) is 9. The Balaban J connectivity index is 0.000000196. The lowest BCUT2D eigenvalue weighted by molar-refractivity contribution is -0.133. The number of hydrogen-bond donors (Lipinski definition) is 1. The summed E-state index contributed by atoms with van der Waals surface area (Å²) in [6, 6.07) is 31.9. The number of methoxy groups -OCH3 is 4. The lowest BCUT2D eigenvalue weighted by Crippen LogP contribution is -2.40. The van der Waals surface area contributed by atoms with Crippen LogP contribution in [-0.4, -0.2) is 109 Å². The van der Waals surface area contributed by atoms with Crippen LogP contribution < -0.4 is 15.2 Å². The third-order valence-electron chi connectivity index (χ3n) is 13.2. The van der Waals surface area contributed by atoms with Crippen LogP contribution >= 0.6 is 0 Å². The van der Waals surface area contributed by atoms with Gasteiger partial charge >= 0.3 is 0 Å². The zero-order valence-electron chi connectivity index (χ0n) is 39.6. The topological polar surface area (TPSA) is 139 Å². The molecule has 2 aromatic heterocycles. The van der Waals surface area contributed by atoms with E-state index in [9.17, 15) is 9.59 Å². The SMILES string of the molecule is COCCCn1c([C@@H]2CCCN(C(=O)C[C@H](C)c3cccc(OC)c3)C2)nc2ccccc21.COCCCn1c([C@@H]2CCCN(C(=O)C[C@H](N)c3cccc(OC)c3)C2)nc2ccccc21. The minimum atomic E-state index is -0.355. The zero-order chi connectivity index (χ0) is 46.4. The van der Waals surface area contributed by atoms with Crippen molar-refractivity contribution in [3.63, 3.8) is 0 Å². The number of likely N-dealkylation sites (tertiary alicyclic amines) is 2. The van der Waals surface area contributed by atoms with Crippen molar-refractivity contribution < 1.29 is 28.5 Å². The Morgan fingerprint density at radius 3 is 1.61 bits per heavy atom. The number of nitrogens with two attached hydrogens (primary N) is 1. The Bertz CT molecular complexity index is 2330. The number of aryl methyl sites for hydroxylation is 2. The number of para-hydroxylation sites is 4. The summed E-state index contributed by atoms with van der Waals surface area (Å²) in [5, 5.41) is 0. The zero-order valence-corrected chi connectivity index (χ0v) is 39.6. The Morgan fingerprint density at radius 1 is 0.636 bits per heavy atom. The molecule has 13 nitrogen and oxygen atoms in total. The number of ether oxygens (including phenoxy) is 4. The van der Waals surface area contributed by atoms with Crippen LogP contribution in [0.5, 0.6) is 11.5 Å². The summed E-state index contributed by atoms with van der Waals surface area (Å²) < 4.78 is 25.8. The second-order valence-corrected chi connectivity index (χ2v) is 17.7. The molecule has 8 rings (SSSR count). The quantitative estimate of drug-likeness (QED) is 0.0839. The van der Waals surface area contributed by atoms with Crippen molar-refractivity contribution in [3.05, 3.63) is 120 Å². The largest absolute Gasteiger partial charge is 0.497 e. The maximum Gasteiger partial charge on any atom is 0.224 e. The molecule has 4 aromatic carbocycles. The molecule has 2 aliphatic rings. The molecular formula is C53H69N7O6. The number of carbonyl (C=O) groups is 2. The van der Waals surface area contributed by atoms with E-state index in [0.717, 1.165) is 129 Å². The van der Waals surface area contributed by atoms with Crippen LogP contribution in [0.3, 0.4) is 0 Å². The van der Waals surface area contributed by atoms with Crippen LogP contribution in [0.4, 0.5) is 0 Å². The van der Waals surface area contributed by atoms with E-state index in [2.05, 4.69) is 58.5 Å². The molecule has 352 valence electrons. The predicted octanol–water partition coefficient (Wildman–Crippen LogP) is 8.86. The van der Waals surface area contributed by atoms with Gasteiger partial charge in [0, 0.05) is 97.4 Å². The number of piperidine rings is 2. The molecule has 0 bridgehead atoms. The third-order valence-corrected chi connectivity index (χ3v) is 13.2. The maximum absolute atomic E-state index is 13.2. The van der Waals surface area contributed by atoms with E-state index >= 15 is 0 Å². The first-order chi connectivity index (χ1) is 32.2. The first-order valence-corrected chi connectivity index (χ1v) is 23.7. The summed E-state index contributed by atoms with van der Waals surface area (Å²) >= 11 is 0. The van der Waals surface area contributed by atoms with Crippen LogP contribution in [0, 0.1) is 0 Å². The number of carbonyl (C=O) groups excluding carboxylic acids is 2. The van der Waals surface area contributed by atoms with Gasteiger partial charge in [0.05, 0.1) is 36.3 Å². The number of nitrogens with zero attached hydrogens (tertiary/aromatic N) is 6. The molecule has 0 radical (unpaired) electrons. The van der Waals surface area contributed by atoms with E-state index in [1.807, 2.05) is 64.4 Å². The summed E-state index contributed by atoms with van der Waals surface area (Å²) in [4.78, 5) is 40.4. The molecule has 0 saturated carbocycles. The van der Waals surface area contributed by atoms with E-state index in [0.29, 0.717) is 19.6 Å². The minimum Gasteiger partial charge on any atom is -0.497 e. The van der Waals surface area contributed by atoms with Crippen molar-refractivity contribution in [2.45, 2.75) is 95.2 Å². The van der Waals surface area contributed by atoms with Gasteiger partial charge in [0.1, 0.15) is 23.1 Å². The highest BCUT2D eigenvalue weighted by Crippen LogP contribution is 2.33. The fourth-order valence-electron chi connectivity index (χ4n) is 9.61. The Morgan fingerprint density at radius 2 is 1.11 bits per heavy atom. The average molecular weight is 900 g/mol. The van der Waals surface area contributed by atoms with Gasteiger partial charge in [-0.25, -0.2) is 9.97 Å². The molecule has 13 heteroatoms. The van der Waals surface area contributed by atoms with Gasteiger partial charge in [0.25, 0.3) is 0 Å². The van der Waals surface area contributed by atoms with Gasteiger partial charge in [-0.15, -0.1) is 0 Å². The summed E-state index contributed by atoms with van der Waals surface area (Å²) in [5.41, 5.74) is 12.8. The van der Waals surface area contributed by atoms with Crippen molar-refractivity contribution >= 4 is 33.9 Å². The molecule has 0 spiro atoms. The van der Waals surface area contributed by atoms with E-state index < -0.39 is 0 Å². The molecule has 4 atom stereocenters. The van der Waals surface area contributed by atoms with Gasteiger partial charge in [-0.05, 0) is 104 Å². The fraction of sp³-hybridized carbons (Fsp3) is 0.472. The van der Waals surface area contributed by atoms with Crippen molar-refractivity contribution in [3.8, 4) is 11.5 Å². The van der Waals surface area contributed by atoms with Gasteiger partial charge in [-0.2, -0.15) is 0 Å². The highest BCUT2D eigenvalue weighted by Gasteiger charge is 2.31. The number of rotatable bonds is 18. The number of benzene rings is 4. The first-order valence-electron chi connectivity index (χ1n) is 23.7. The standard InChI is InChI=1S/C27H35N3O3.C26H34N4O3/c1-20(21-9-6-11-23(18-21)33-3)17-26(31)29-14-7-10-22(19-29)27-28-24-12-4-5-13-25(24)30(27)15-8-16-32-2;1-32-15-7-14-30-24-12-4-3-11-23(24)28-26(30)20-9-6-13-29(18-20)25(31)17-22(27)19-8-5-10-21(16-19)33-2/h4-6,9,11-13,18,20,22H,7-8,10,14-17,19H2,1-3H3;3-5,8,10-12,16,20,22H,6-7,9,13-15,17-18,27H2,1-2H3/t2*20-,22+/m01/s1. The molecule has 66 heavy (non-hydrogen) atoms. The number of amides is 2. The van der Waals surface area contributed by atoms with Crippen molar-refractivity contribution in [2.75, 3.05) is 67.8 Å². The predicted molar refractivity (Wildman–Crippen MR) is 260 cm³/mol. The molecule has 4 heterocycles. The highest BCUT2D eigenvalue weighted by molar-refractivity contribution is 5.79. The number of fused-ring (bicyclic) bond motifs is 2. The molecule has 2 aliphatic heterocycles. The Kier molecular flexibility index (Phi) is 17.2. The summed E-state index contributed by atoms with van der Waals surface area (Å²) in [7, 11) is 6.77. The van der Waals surface area contributed by atoms with Gasteiger partial charge in [-0.3, -0.25) is 9.59 Å². The van der Waals surface area contributed by atoms with Crippen LogP contribution in [0.2, 0.25) is 0 Å². The number of aromatic nitrogens is 4. The van der Waals surface area contributed by atoms with E-state index in [1.165, 1.54) is 5.52 Å². The summed E-state index contributed by atoms with van der Waals surface area (Å²) in [5.74, 6) is 4.68. The molecular weight excluding hydrogens is 831 g/mol. The highest BCUT2D eigenvalue weighted by atomic mass is 16.5. The fourth-order valence-corrected chi connectivity index (χ4v) is 9.61.